The number of benzene rings is 1. The Balaban J connectivity index is 3.18. The summed E-state index contributed by atoms with van der Waals surface area (Å²) in [5.41, 5.74) is 1.03. The molecule has 0 saturated carbocycles. The molecule has 0 radical (unpaired) electrons. The number of aldehydes is 1. The average Bonchev–Trinajstić information content (AvgIpc) is 2.37. The van der Waals surface area contributed by atoms with Crippen molar-refractivity contribution < 1.29 is 24.2 Å². The molecule has 1 rings (SSSR count). The Labute approximate surface area is 105 Å². The molecule has 0 amide bonds. The van der Waals surface area contributed by atoms with E-state index in [1.165, 1.54) is 20.3 Å². The number of carboxylic acid groups (broad SMARTS) is 1. The van der Waals surface area contributed by atoms with Crippen LogP contribution in [0.3, 0.4) is 0 Å². The van der Waals surface area contributed by atoms with E-state index in [4.69, 9.17) is 14.6 Å². The van der Waals surface area contributed by atoms with Crippen molar-refractivity contribution in [1.82, 2.24) is 0 Å². The van der Waals surface area contributed by atoms with Crippen LogP contribution in [-0.2, 0) is 4.79 Å². The fourth-order valence-corrected chi connectivity index (χ4v) is 1.47. The van der Waals surface area contributed by atoms with Gasteiger partial charge in [-0.15, -0.1) is 0 Å². The molecule has 0 aliphatic carbocycles. The van der Waals surface area contributed by atoms with E-state index in [2.05, 4.69) is 0 Å². The van der Waals surface area contributed by atoms with Crippen LogP contribution >= 0.6 is 0 Å². The quantitative estimate of drug-likeness (QED) is 0.782. The third kappa shape index (κ3) is 3.35. The molecule has 1 aromatic rings. The van der Waals surface area contributed by atoms with Crippen molar-refractivity contribution in [3.05, 3.63) is 29.3 Å². The zero-order valence-corrected chi connectivity index (χ0v) is 10.2. The summed E-state index contributed by atoms with van der Waals surface area (Å²) in [5, 5.41) is 8.57. The van der Waals surface area contributed by atoms with Crippen molar-refractivity contribution in [3.63, 3.8) is 0 Å². The van der Waals surface area contributed by atoms with Crippen LogP contribution in [0.4, 0.5) is 0 Å². The van der Waals surface area contributed by atoms with E-state index in [1.807, 2.05) is 0 Å². The summed E-state index contributed by atoms with van der Waals surface area (Å²) in [4.78, 5) is 21.2. The molecule has 0 heterocycles. The Kier molecular flexibility index (Phi) is 4.92. The maximum atomic E-state index is 10.8. The van der Waals surface area contributed by atoms with Crippen LogP contribution in [-0.4, -0.2) is 31.6 Å². The normalized spacial score (nSPS) is 10.3. The molecule has 96 valence electrons. The van der Waals surface area contributed by atoms with Gasteiger partial charge in [-0.05, 0) is 12.1 Å². The highest BCUT2D eigenvalue weighted by atomic mass is 16.5. The molecule has 0 bridgehead atoms. The van der Waals surface area contributed by atoms with Gasteiger partial charge in [0.25, 0.3) is 0 Å². The van der Waals surface area contributed by atoms with E-state index in [0.717, 1.165) is 0 Å². The van der Waals surface area contributed by atoms with Crippen molar-refractivity contribution in [2.45, 2.75) is 6.42 Å². The lowest BCUT2D eigenvalue weighted by Crippen LogP contribution is -1.95. The monoisotopic (exact) mass is 250 g/mol. The number of carbonyl (C=O) groups is 2. The van der Waals surface area contributed by atoms with Crippen LogP contribution < -0.4 is 9.47 Å². The maximum absolute atomic E-state index is 10.8. The summed E-state index contributed by atoms with van der Waals surface area (Å²) in [6.45, 7) is 0. The van der Waals surface area contributed by atoms with Gasteiger partial charge >= 0.3 is 5.97 Å². The summed E-state index contributed by atoms with van der Waals surface area (Å²) in [6.07, 6.45) is 3.68. The van der Waals surface area contributed by atoms with E-state index >= 15 is 0 Å². The number of rotatable bonds is 6. The van der Waals surface area contributed by atoms with Crippen LogP contribution in [0, 0.1) is 0 Å². The second-order valence-electron chi connectivity index (χ2n) is 3.46. The molecular formula is C13H14O5. The van der Waals surface area contributed by atoms with Crippen LogP contribution in [0.25, 0.3) is 6.08 Å². The molecule has 0 saturated heterocycles. The lowest BCUT2D eigenvalue weighted by atomic mass is 10.1. The first kappa shape index (κ1) is 13.8. The standard InChI is InChI=1S/C13H14O5/c1-17-11-6-9(8-14)7-12(18-2)10(11)4-3-5-13(15)16/h3-4,6-8H,5H2,1-2H3,(H,15,16). The van der Waals surface area contributed by atoms with E-state index in [9.17, 15) is 9.59 Å². The molecule has 0 aliphatic heterocycles. The number of ether oxygens (including phenoxy) is 2. The minimum absolute atomic E-state index is 0.0955. The number of methoxy groups -OCH3 is 2. The zero-order chi connectivity index (χ0) is 13.5. The van der Waals surface area contributed by atoms with Crippen molar-refractivity contribution in [3.8, 4) is 11.5 Å². The molecular weight excluding hydrogens is 236 g/mol. The van der Waals surface area contributed by atoms with Crippen molar-refractivity contribution in [2.75, 3.05) is 14.2 Å². The zero-order valence-electron chi connectivity index (χ0n) is 10.2. The second-order valence-corrected chi connectivity index (χ2v) is 3.46. The summed E-state index contributed by atoms with van der Waals surface area (Å²) in [7, 11) is 2.94. The van der Waals surface area contributed by atoms with Gasteiger partial charge in [0.15, 0.2) is 0 Å². The highest BCUT2D eigenvalue weighted by molar-refractivity contribution is 5.80. The lowest BCUT2D eigenvalue weighted by molar-refractivity contribution is -0.135. The van der Waals surface area contributed by atoms with Gasteiger partial charge in [-0.3, -0.25) is 9.59 Å². The maximum Gasteiger partial charge on any atom is 0.307 e. The first-order valence-electron chi connectivity index (χ1n) is 5.22. The molecule has 18 heavy (non-hydrogen) atoms. The van der Waals surface area contributed by atoms with Crippen LogP contribution in [0.1, 0.15) is 22.3 Å². The van der Waals surface area contributed by atoms with E-state index in [-0.39, 0.29) is 6.42 Å². The van der Waals surface area contributed by atoms with Crippen molar-refractivity contribution in [1.29, 1.82) is 0 Å². The molecule has 5 heteroatoms. The van der Waals surface area contributed by atoms with Gasteiger partial charge in [0.1, 0.15) is 17.8 Å². The Morgan fingerprint density at radius 1 is 1.28 bits per heavy atom. The van der Waals surface area contributed by atoms with Gasteiger partial charge in [-0.1, -0.05) is 12.2 Å². The SMILES string of the molecule is COc1cc(C=O)cc(OC)c1C=CCC(=O)O. The lowest BCUT2D eigenvalue weighted by Gasteiger charge is -2.11. The third-order valence-corrected chi connectivity index (χ3v) is 2.28. The minimum Gasteiger partial charge on any atom is -0.496 e. The molecule has 0 aliphatic rings. The van der Waals surface area contributed by atoms with E-state index in [1.54, 1.807) is 18.2 Å². The molecule has 0 atom stereocenters. The molecule has 0 aromatic heterocycles. The number of carbonyl (C=O) groups excluding carboxylic acids is 1. The third-order valence-electron chi connectivity index (χ3n) is 2.28. The van der Waals surface area contributed by atoms with Crippen molar-refractivity contribution in [2.24, 2.45) is 0 Å². The summed E-state index contributed by atoms with van der Waals surface area (Å²) in [6, 6.07) is 3.13. The number of carboxylic acids is 1. The molecule has 5 nitrogen and oxygen atoms in total. The minimum atomic E-state index is -0.923. The Morgan fingerprint density at radius 3 is 2.22 bits per heavy atom. The summed E-state index contributed by atoms with van der Waals surface area (Å²) in [5.74, 6) is -0.00938. The van der Waals surface area contributed by atoms with Gasteiger partial charge < -0.3 is 14.6 Å². The Bertz CT molecular complexity index is 451. The number of hydrogen-bond donors (Lipinski definition) is 1. The Morgan fingerprint density at radius 2 is 1.83 bits per heavy atom. The predicted octanol–water partition coefficient (Wildman–Crippen LogP) is 2.00. The first-order chi connectivity index (χ1) is 8.62. The second kappa shape index (κ2) is 6.44. The van der Waals surface area contributed by atoms with Crippen LogP contribution in [0.2, 0.25) is 0 Å². The summed E-state index contributed by atoms with van der Waals surface area (Å²) >= 11 is 0. The topological polar surface area (TPSA) is 72.8 Å². The number of hydrogen-bond acceptors (Lipinski definition) is 4. The van der Waals surface area contributed by atoms with E-state index in [0.29, 0.717) is 28.9 Å². The first-order valence-corrected chi connectivity index (χ1v) is 5.22. The predicted molar refractivity (Wildman–Crippen MR) is 66.2 cm³/mol. The average molecular weight is 250 g/mol. The fourth-order valence-electron chi connectivity index (χ4n) is 1.47. The van der Waals surface area contributed by atoms with Gasteiger partial charge in [-0.25, -0.2) is 0 Å². The van der Waals surface area contributed by atoms with Crippen LogP contribution in [0.5, 0.6) is 11.5 Å². The highest BCUT2D eigenvalue weighted by Gasteiger charge is 2.09. The Hall–Kier alpha value is -2.30. The smallest absolute Gasteiger partial charge is 0.307 e. The van der Waals surface area contributed by atoms with Gasteiger partial charge in [0, 0.05) is 5.56 Å². The van der Waals surface area contributed by atoms with Crippen molar-refractivity contribution >= 4 is 18.3 Å². The summed E-state index contributed by atoms with van der Waals surface area (Å²) < 4.78 is 10.3. The highest BCUT2D eigenvalue weighted by Crippen LogP contribution is 2.31. The number of aliphatic carboxylic acids is 1. The fraction of sp³-hybridized carbons (Fsp3) is 0.231. The van der Waals surface area contributed by atoms with Gasteiger partial charge in [0.05, 0.1) is 26.2 Å². The van der Waals surface area contributed by atoms with Crippen LogP contribution in [0.15, 0.2) is 18.2 Å². The van der Waals surface area contributed by atoms with Gasteiger partial charge in [0.2, 0.25) is 0 Å². The molecule has 1 aromatic carbocycles. The molecule has 1 N–H and O–H groups in total. The van der Waals surface area contributed by atoms with E-state index < -0.39 is 5.97 Å². The molecule has 0 fully saturated rings. The van der Waals surface area contributed by atoms with Gasteiger partial charge in [-0.2, -0.15) is 0 Å². The molecule has 0 spiro atoms. The largest absolute Gasteiger partial charge is 0.496 e. The molecule has 0 unspecified atom stereocenters.